The Morgan fingerprint density at radius 1 is 0.958 bits per heavy atom. The van der Waals surface area contributed by atoms with Gasteiger partial charge in [0.15, 0.2) is 0 Å². The highest BCUT2D eigenvalue weighted by Gasteiger charge is 2.13. The van der Waals surface area contributed by atoms with E-state index < -0.39 is 0 Å². The highest BCUT2D eigenvalue weighted by Crippen LogP contribution is 2.27. The molecule has 0 spiro atoms. The summed E-state index contributed by atoms with van der Waals surface area (Å²) in [4.78, 5) is 11.8. The van der Waals surface area contributed by atoms with E-state index in [1.807, 2.05) is 18.3 Å². The van der Waals surface area contributed by atoms with Crippen LogP contribution in [0.15, 0.2) is 48.7 Å². The SMILES string of the molecule is NCc1ccccc1-c1ccc2ncc(N3CCCCC3)nc2c1. The first kappa shape index (κ1) is 15.1. The van der Waals surface area contributed by atoms with Crippen LogP contribution in [-0.4, -0.2) is 23.1 Å². The highest BCUT2D eigenvalue weighted by atomic mass is 15.2. The van der Waals surface area contributed by atoms with Crippen molar-refractivity contribution in [1.29, 1.82) is 0 Å². The molecule has 0 unspecified atom stereocenters. The Bertz CT molecular complexity index is 853. The topological polar surface area (TPSA) is 55.0 Å². The first-order valence-electron chi connectivity index (χ1n) is 8.65. The zero-order chi connectivity index (χ0) is 16.4. The molecule has 2 N–H and O–H groups in total. The van der Waals surface area contributed by atoms with Crippen molar-refractivity contribution in [1.82, 2.24) is 9.97 Å². The third-order valence-electron chi connectivity index (χ3n) is 4.76. The van der Waals surface area contributed by atoms with E-state index in [-0.39, 0.29) is 0 Å². The van der Waals surface area contributed by atoms with Crippen LogP contribution in [0.5, 0.6) is 0 Å². The molecule has 0 aliphatic carbocycles. The van der Waals surface area contributed by atoms with Crippen molar-refractivity contribution in [3.05, 3.63) is 54.2 Å². The van der Waals surface area contributed by atoms with Crippen molar-refractivity contribution in [3.8, 4) is 11.1 Å². The summed E-state index contributed by atoms with van der Waals surface area (Å²) < 4.78 is 0. The summed E-state index contributed by atoms with van der Waals surface area (Å²) in [5.41, 5.74) is 11.2. The number of rotatable bonds is 3. The number of piperidine rings is 1. The Balaban J connectivity index is 1.76. The van der Waals surface area contributed by atoms with Gasteiger partial charge in [0.05, 0.1) is 17.2 Å². The lowest BCUT2D eigenvalue weighted by Crippen LogP contribution is -2.30. The first-order chi connectivity index (χ1) is 11.8. The van der Waals surface area contributed by atoms with E-state index in [1.54, 1.807) is 0 Å². The number of benzene rings is 2. The monoisotopic (exact) mass is 318 g/mol. The van der Waals surface area contributed by atoms with Gasteiger partial charge in [-0.2, -0.15) is 0 Å². The van der Waals surface area contributed by atoms with Gasteiger partial charge in [0.25, 0.3) is 0 Å². The van der Waals surface area contributed by atoms with Gasteiger partial charge in [-0.05, 0) is 48.1 Å². The molecule has 0 radical (unpaired) electrons. The van der Waals surface area contributed by atoms with Gasteiger partial charge >= 0.3 is 0 Å². The lowest BCUT2D eigenvalue weighted by molar-refractivity contribution is 0.573. The van der Waals surface area contributed by atoms with Crippen molar-refractivity contribution < 1.29 is 0 Å². The molecular formula is C20H22N4. The van der Waals surface area contributed by atoms with Crippen LogP contribution in [0, 0.1) is 0 Å². The molecule has 1 fully saturated rings. The van der Waals surface area contributed by atoms with E-state index in [0.717, 1.165) is 41.1 Å². The predicted octanol–water partition coefficient (Wildman–Crippen LogP) is 3.75. The highest BCUT2D eigenvalue weighted by molar-refractivity contribution is 5.83. The molecule has 4 heteroatoms. The second kappa shape index (κ2) is 6.57. The molecule has 4 rings (SSSR count). The third kappa shape index (κ3) is 2.85. The summed E-state index contributed by atoms with van der Waals surface area (Å²) in [6.45, 7) is 2.69. The largest absolute Gasteiger partial charge is 0.355 e. The Hall–Kier alpha value is -2.46. The van der Waals surface area contributed by atoms with E-state index in [2.05, 4.69) is 40.2 Å². The van der Waals surface area contributed by atoms with Crippen LogP contribution in [0.25, 0.3) is 22.2 Å². The molecule has 1 aliphatic heterocycles. The predicted molar refractivity (Wildman–Crippen MR) is 98.9 cm³/mol. The molecule has 0 atom stereocenters. The second-order valence-electron chi connectivity index (χ2n) is 6.34. The van der Waals surface area contributed by atoms with E-state index in [4.69, 9.17) is 10.7 Å². The molecule has 1 aliphatic rings. The van der Waals surface area contributed by atoms with Gasteiger partial charge in [0.1, 0.15) is 5.82 Å². The van der Waals surface area contributed by atoms with Crippen molar-refractivity contribution >= 4 is 16.9 Å². The van der Waals surface area contributed by atoms with Crippen LogP contribution < -0.4 is 10.6 Å². The lowest BCUT2D eigenvalue weighted by Gasteiger charge is -2.27. The molecule has 2 heterocycles. The zero-order valence-electron chi connectivity index (χ0n) is 13.8. The van der Waals surface area contributed by atoms with Crippen molar-refractivity contribution in [2.45, 2.75) is 25.8 Å². The standard InChI is InChI=1S/C20H22N4/c21-13-16-6-2-3-7-17(16)15-8-9-18-19(12-15)23-20(14-22-18)24-10-4-1-5-11-24/h2-3,6-9,12,14H,1,4-5,10-11,13,21H2. The summed E-state index contributed by atoms with van der Waals surface area (Å²) in [7, 11) is 0. The van der Waals surface area contributed by atoms with Crippen molar-refractivity contribution in [2.24, 2.45) is 5.73 Å². The van der Waals surface area contributed by atoms with Gasteiger partial charge in [-0.1, -0.05) is 30.3 Å². The van der Waals surface area contributed by atoms with Crippen LogP contribution in [-0.2, 0) is 6.54 Å². The minimum atomic E-state index is 0.535. The fraction of sp³-hybridized carbons (Fsp3) is 0.300. The Morgan fingerprint density at radius 3 is 2.62 bits per heavy atom. The molecule has 1 saturated heterocycles. The summed E-state index contributed by atoms with van der Waals surface area (Å²) in [6, 6.07) is 14.6. The van der Waals surface area contributed by atoms with Crippen LogP contribution >= 0.6 is 0 Å². The smallest absolute Gasteiger partial charge is 0.147 e. The number of nitrogens with zero attached hydrogens (tertiary/aromatic N) is 3. The normalized spacial score (nSPS) is 15.0. The first-order valence-corrected chi connectivity index (χ1v) is 8.65. The molecule has 0 bridgehead atoms. The van der Waals surface area contributed by atoms with E-state index >= 15 is 0 Å². The molecular weight excluding hydrogens is 296 g/mol. The molecule has 3 aromatic rings. The average molecular weight is 318 g/mol. The fourth-order valence-corrected chi connectivity index (χ4v) is 3.42. The Labute approximate surface area is 142 Å². The molecule has 0 amide bonds. The van der Waals surface area contributed by atoms with Gasteiger partial charge in [-0.3, -0.25) is 4.98 Å². The third-order valence-corrected chi connectivity index (χ3v) is 4.76. The number of fused-ring (bicyclic) bond motifs is 1. The van der Waals surface area contributed by atoms with Crippen molar-refractivity contribution in [3.63, 3.8) is 0 Å². The van der Waals surface area contributed by atoms with Crippen LogP contribution in [0.3, 0.4) is 0 Å². The fourth-order valence-electron chi connectivity index (χ4n) is 3.42. The summed E-state index contributed by atoms with van der Waals surface area (Å²) in [5.74, 6) is 0.992. The number of hydrogen-bond acceptors (Lipinski definition) is 4. The Morgan fingerprint density at radius 2 is 1.79 bits per heavy atom. The number of nitrogens with two attached hydrogens (primary N) is 1. The molecule has 24 heavy (non-hydrogen) atoms. The van der Waals surface area contributed by atoms with E-state index in [1.165, 1.54) is 24.8 Å². The van der Waals surface area contributed by atoms with Crippen LogP contribution in [0.4, 0.5) is 5.82 Å². The quantitative estimate of drug-likeness (QED) is 0.799. The molecule has 4 nitrogen and oxygen atoms in total. The maximum absolute atomic E-state index is 5.89. The minimum absolute atomic E-state index is 0.535. The lowest BCUT2D eigenvalue weighted by atomic mass is 9.99. The van der Waals surface area contributed by atoms with Crippen LogP contribution in [0.1, 0.15) is 24.8 Å². The zero-order valence-corrected chi connectivity index (χ0v) is 13.8. The summed E-state index contributed by atoms with van der Waals surface area (Å²) in [5, 5.41) is 0. The number of aromatic nitrogens is 2. The van der Waals surface area contributed by atoms with Gasteiger partial charge in [-0.25, -0.2) is 4.98 Å². The van der Waals surface area contributed by atoms with E-state index in [0.29, 0.717) is 6.54 Å². The van der Waals surface area contributed by atoms with Crippen LogP contribution in [0.2, 0.25) is 0 Å². The van der Waals surface area contributed by atoms with Gasteiger partial charge in [0.2, 0.25) is 0 Å². The van der Waals surface area contributed by atoms with Gasteiger partial charge < -0.3 is 10.6 Å². The average Bonchev–Trinajstić information content (AvgIpc) is 2.67. The number of anilines is 1. The second-order valence-corrected chi connectivity index (χ2v) is 6.34. The minimum Gasteiger partial charge on any atom is -0.355 e. The van der Waals surface area contributed by atoms with Crippen molar-refractivity contribution in [2.75, 3.05) is 18.0 Å². The Kier molecular flexibility index (Phi) is 4.13. The number of hydrogen-bond donors (Lipinski definition) is 1. The molecule has 122 valence electrons. The molecule has 0 saturated carbocycles. The maximum Gasteiger partial charge on any atom is 0.147 e. The summed E-state index contributed by atoms with van der Waals surface area (Å²) in [6.07, 6.45) is 5.70. The van der Waals surface area contributed by atoms with Gasteiger partial charge in [-0.15, -0.1) is 0 Å². The maximum atomic E-state index is 5.89. The van der Waals surface area contributed by atoms with E-state index in [9.17, 15) is 0 Å². The summed E-state index contributed by atoms with van der Waals surface area (Å²) >= 11 is 0. The van der Waals surface area contributed by atoms with Gasteiger partial charge in [0, 0.05) is 19.6 Å². The molecule has 1 aromatic heterocycles. The molecule has 2 aromatic carbocycles.